The first kappa shape index (κ1) is 17.7. The molecule has 1 N–H and O–H groups in total. The Morgan fingerprint density at radius 2 is 1.96 bits per heavy atom. The topological polar surface area (TPSA) is 58.6 Å². The van der Waals surface area contributed by atoms with Crippen molar-refractivity contribution in [2.75, 3.05) is 23.9 Å². The molecule has 0 atom stereocenters. The van der Waals surface area contributed by atoms with E-state index in [9.17, 15) is 9.59 Å². The zero-order valence-electron chi connectivity index (χ0n) is 15.0. The number of hydrogen-bond donors (Lipinski definition) is 1. The van der Waals surface area contributed by atoms with Crippen molar-refractivity contribution in [1.29, 1.82) is 0 Å². The molecule has 1 saturated heterocycles. The van der Waals surface area contributed by atoms with Crippen molar-refractivity contribution < 1.29 is 14.3 Å². The van der Waals surface area contributed by atoms with Crippen LogP contribution in [0.5, 0.6) is 5.75 Å². The van der Waals surface area contributed by atoms with Crippen LogP contribution in [0.4, 0.5) is 11.4 Å². The molecule has 1 aliphatic rings. The van der Waals surface area contributed by atoms with Crippen LogP contribution in [0.15, 0.2) is 48.5 Å². The average Bonchev–Trinajstić information content (AvgIpc) is 3.07. The van der Waals surface area contributed by atoms with Gasteiger partial charge in [-0.25, -0.2) is 0 Å². The SMILES string of the molecule is COc1ccc(C)cc1NC(=O)C=Cc1ccc(N2CCCC2=O)cc1. The predicted octanol–water partition coefficient (Wildman–Crippen LogP) is 3.78. The van der Waals surface area contributed by atoms with Crippen molar-refractivity contribution in [3.05, 3.63) is 59.7 Å². The molecule has 3 rings (SSSR count). The molecule has 0 saturated carbocycles. The highest BCUT2D eigenvalue weighted by Gasteiger charge is 2.21. The van der Waals surface area contributed by atoms with Crippen molar-refractivity contribution in [3.8, 4) is 5.75 Å². The van der Waals surface area contributed by atoms with Crippen LogP contribution in [0.2, 0.25) is 0 Å². The van der Waals surface area contributed by atoms with E-state index in [1.54, 1.807) is 18.1 Å². The second-order valence-electron chi connectivity index (χ2n) is 6.27. The molecule has 2 amide bonds. The lowest BCUT2D eigenvalue weighted by molar-refractivity contribution is -0.117. The molecular weight excluding hydrogens is 328 g/mol. The van der Waals surface area contributed by atoms with Crippen LogP contribution in [0.25, 0.3) is 6.08 Å². The molecular formula is C21H22N2O3. The summed E-state index contributed by atoms with van der Waals surface area (Å²) >= 11 is 0. The Morgan fingerprint density at radius 1 is 1.19 bits per heavy atom. The number of rotatable bonds is 5. The summed E-state index contributed by atoms with van der Waals surface area (Å²) in [5.74, 6) is 0.560. The van der Waals surface area contributed by atoms with E-state index in [1.165, 1.54) is 6.08 Å². The molecule has 1 fully saturated rings. The summed E-state index contributed by atoms with van der Waals surface area (Å²) in [6.07, 6.45) is 4.75. The van der Waals surface area contributed by atoms with Crippen LogP contribution >= 0.6 is 0 Å². The minimum absolute atomic E-state index is 0.166. The lowest BCUT2D eigenvalue weighted by Crippen LogP contribution is -2.23. The summed E-state index contributed by atoms with van der Waals surface area (Å²) in [6, 6.07) is 13.2. The Hall–Kier alpha value is -3.08. The number of benzene rings is 2. The van der Waals surface area contributed by atoms with Crippen LogP contribution in [0.1, 0.15) is 24.0 Å². The van der Waals surface area contributed by atoms with Crippen LogP contribution in [0, 0.1) is 6.92 Å². The van der Waals surface area contributed by atoms with E-state index >= 15 is 0 Å². The molecule has 0 aromatic heterocycles. The monoisotopic (exact) mass is 350 g/mol. The van der Waals surface area contributed by atoms with Gasteiger partial charge in [0, 0.05) is 24.7 Å². The number of nitrogens with zero attached hydrogens (tertiary/aromatic N) is 1. The van der Waals surface area contributed by atoms with Crippen LogP contribution in [-0.4, -0.2) is 25.5 Å². The Bertz CT molecular complexity index is 841. The zero-order valence-corrected chi connectivity index (χ0v) is 15.0. The fourth-order valence-electron chi connectivity index (χ4n) is 2.95. The molecule has 1 aliphatic heterocycles. The number of methoxy groups -OCH3 is 1. The van der Waals surface area contributed by atoms with Crippen LogP contribution in [0.3, 0.4) is 0 Å². The summed E-state index contributed by atoms with van der Waals surface area (Å²) in [4.78, 5) is 25.7. The third-order valence-corrected chi connectivity index (χ3v) is 4.32. The fraction of sp³-hybridized carbons (Fsp3) is 0.238. The number of amides is 2. The number of aryl methyl sites for hydroxylation is 1. The maximum absolute atomic E-state index is 12.2. The van der Waals surface area contributed by atoms with Gasteiger partial charge in [0.1, 0.15) is 5.75 Å². The van der Waals surface area contributed by atoms with Crippen molar-refractivity contribution in [1.82, 2.24) is 0 Å². The molecule has 2 aromatic carbocycles. The normalized spacial score (nSPS) is 14.1. The van der Waals surface area contributed by atoms with E-state index in [0.29, 0.717) is 17.9 Å². The zero-order chi connectivity index (χ0) is 18.5. The van der Waals surface area contributed by atoms with E-state index in [2.05, 4.69) is 5.32 Å². The van der Waals surface area contributed by atoms with Crippen molar-refractivity contribution in [2.45, 2.75) is 19.8 Å². The first-order chi connectivity index (χ1) is 12.6. The molecule has 2 aromatic rings. The number of ether oxygens (including phenoxy) is 1. The minimum atomic E-state index is -0.229. The molecule has 134 valence electrons. The van der Waals surface area contributed by atoms with Gasteiger partial charge in [0.05, 0.1) is 12.8 Å². The highest BCUT2D eigenvalue weighted by Crippen LogP contribution is 2.25. The summed E-state index contributed by atoms with van der Waals surface area (Å²) in [5, 5.41) is 2.83. The van der Waals surface area contributed by atoms with Gasteiger partial charge in [-0.05, 0) is 54.8 Å². The molecule has 0 unspecified atom stereocenters. The first-order valence-electron chi connectivity index (χ1n) is 8.61. The average molecular weight is 350 g/mol. The van der Waals surface area contributed by atoms with Gasteiger partial charge in [0.15, 0.2) is 0 Å². The van der Waals surface area contributed by atoms with Gasteiger partial charge in [-0.2, -0.15) is 0 Å². The smallest absolute Gasteiger partial charge is 0.248 e. The highest BCUT2D eigenvalue weighted by atomic mass is 16.5. The molecule has 1 heterocycles. The van der Waals surface area contributed by atoms with E-state index in [4.69, 9.17) is 4.74 Å². The molecule has 0 radical (unpaired) electrons. The van der Waals surface area contributed by atoms with E-state index in [0.717, 1.165) is 29.8 Å². The Kier molecular flexibility index (Phi) is 5.37. The van der Waals surface area contributed by atoms with Gasteiger partial charge in [-0.1, -0.05) is 18.2 Å². The maximum atomic E-state index is 12.2. The highest BCUT2D eigenvalue weighted by molar-refractivity contribution is 6.03. The van der Waals surface area contributed by atoms with Crippen molar-refractivity contribution in [2.24, 2.45) is 0 Å². The lowest BCUT2D eigenvalue weighted by Gasteiger charge is -2.15. The van der Waals surface area contributed by atoms with Crippen molar-refractivity contribution >= 4 is 29.3 Å². The quantitative estimate of drug-likeness (QED) is 0.835. The summed E-state index contributed by atoms with van der Waals surface area (Å²) in [5.41, 5.74) is 3.48. The van der Waals surface area contributed by atoms with E-state index in [-0.39, 0.29) is 11.8 Å². The fourth-order valence-corrected chi connectivity index (χ4v) is 2.95. The first-order valence-corrected chi connectivity index (χ1v) is 8.61. The Morgan fingerprint density at radius 3 is 2.62 bits per heavy atom. The molecule has 0 spiro atoms. The lowest BCUT2D eigenvalue weighted by atomic mass is 10.1. The van der Waals surface area contributed by atoms with Crippen LogP contribution in [-0.2, 0) is 9.59 Å². The largest absolute Gasteiger partial charge is 0.495 e. The predicted molar refractivity (Wildman–Crippen MR) is 103 cm³/mol. The molecule has 5 heteroatoms. The Labute approximate surface area is 153 Å². The van der Waals surface area contributed by atoms with Gasteiger partial charge in [-0.15, -0.1) is 0 Å². The molecule has 0 bridgehead atoms. The number of anilines is 2. The number of carbonyl (C=O) groups is 2. The summed E-state index contributed by atoms with van der Waals surface area (Å²) in [6.45, 7) is 2.73. The second-order valence-corrected chi connectivity index (χ2v) is 6.27. The van der Waals surface area contributed by atoms with Gasteiger partial charge in [-0.3, -0.25) is 9.59 Å². The Balaban J connectivity index is 1.65. The molecule has 0 aliphatic carbocycles. The van der Waals surface area contributed by atoms with E-state index < -0.39 is 0 Å². The van der Waals surface area contributed by atoms with Crippen LogP contribution < -0.4 is 15.0 Å². The minimum Gasteiger partial charge on any atom is -0.495 e. The third-order valence-electron chi connectivity index (χ3n) is 4.32. The standard InChI is InChI=1S/C21H22N2O3/c1-15-5-11-19(26-2)18(14-15)22-20(24)12-8-16-6-9-17(10-7-16)23-13-3-4-21(23)25/h5-12,14H,3-4,13H2,1-2H3,(H,22,24). The summed E-state index contributed by atoms with van der Waals surface area (Å²) < 4.78 is 5.26. The van der Waals surface area contributed by atoms with Gasteiger partial charge in [0.2, 0.25) is 11.8 Å². The van der Waals surface area contributed by atoms with Gasteiger partial charge in [0.25, 0.3) is 0 Å². The number of hydrogen-bond acceptors (Lipinski definition) is 3. The van der Waals surface area contributed by atoms with Gasteiger partial charge >= 0.3 is 0 Å². The maximum Gasteiger partial charge on any atom is 0.248 e. The van der Waals surface area contributed by atoms with Crippen molar-refractivity contribution in [3.63, 3.8) is 0 Å². The number of carbonyl (C=O) groups excluding carboxylic acids is 2. The van der Waals surface area contributed by atoms with E-state index in [1.807, 2.05) is 49.4 Å². The second kappa shape index (κ2) is 7.87. The summed E-state index contributed by atoms with van der Waals surface area (Å²) in [7, 11) is 1.57. The third kappa shape index (κ3) is 4.11. The van der Waals surface area contributed by atoms with Gasteiger partial charge < -0.3 is 15.0 Å². The molecule has 5 nitrogen and oxygen atoms in total. The molecule has 26 heavy (non-hydrogen) atoms. The number of nitrogens with one attached hydrogen (secondary N) is 1.